The molecular weight excluding hydrogens is 435 g/mol. The van der Waals surface area contributed by atoms with E-state index in [9.17, 15) is 18.8 Å². The average Bonchev–Trinajstić information content (AvgIpc) is 3.29. The van der Waals surface area contributed by atoms with Gasteiger partial charge in [0, 0.05) is 11.8 Å². The van der Waals surface area contributed by atoms with Crippen LogP contribution in [0.2, 0.25) is 0 Å². The van der Waals surface area contributed by atoms with Gasteiger partial charge in [0.1, 0.15) is 17.4 Å². The maximum atomic E-state index is 14.6. The summed E-state index contributed by atoms with van der Waals surface area (Å²) in [5.74, 6) is -1.54. The fourth-order valence-electron chi connectivity index (χ4n) is 3.16. The van der Waals surface area contributed by atoms with Gasteiger partial charge in [-0.25, -0.2) is 14.0 Å². The smallest absolute Gasteiger partial charge is 0.349 e. The second kappa shape index (κ2) is 9.88. The number of aromatic nitrogens is 2. The number of hydrogen-bond acceptors (Lipinski definition) is 7. The van der Waals surface area contributed by atoms with Crippen molar-refractivity contribution in [1.82, 2.24) is 9.55 Å². The van der Waals surface area contributed by atoms with Gasteiger partial charge in [0.05, 0.1) is 24.3 Å². The van der Waals surface area contributed by atoms with Crippen molar-refractivity contribution in [3.8, 4) is 0 Å². The van der Waals surface area contributed by atoms with Crippen molar-refractivity contribution >= 4 is 23.5 Å². The number of ketones is 1. The lowest BCUT2D eigenvalue weighted by atomic mass is 10.1. The van der Waals surface area contributed by atoms with Crippen LogP contribution >= 0.6 is 11.8 Å². The first-order valence-corrected chi connectivity index (χ1v) is 10.8. The Morgan fingerprint density at radius 3 is 2.44 bits per heavy atom. The number of thioether (sulfide) groups is 1. The number of esters is 1. The number of benzene rings is 2. The second-order valence-corrected chi connectivity index (χ2v) is 8.35. The minimum absolute atomic E-state index is 0.0107. The summed E-state index contributed by atoms with van der Waals surface area (Å²) in [4.78, 5) is 40.6. The molecule has 1 aliphatic heterocycles. The van der Waals surface area contributed by atoms with Gasteiger partial charge >= 0.3 is 11.7 Å². The predicted molar refractivity (Wildman–Crippen MR) is 116 cm³/mol. The Kier molecular flexibility index (Phi) is 6.77. The van der Waals surface area contributed by atoms with Crippen molar-refractivity contribution in [3.63, 3.8) is 0 Å². The van der Waals surface area contributed by atoms with Crippen molar-refractivity contribution in [2.45, 2.75) is 17.2 Å². The third-order valence-corrected chi connectivity index (χ3v) is 6.06. The van der Waals surface area contributed by atoms with Gasteiger partial charge in [0.25, 0.3) is 0 Å². The molecule has 0 spiro atoms. The molecule has 0 radical (unpaired) electrons. The number of carbonyl (C=O) groups excluding carboxylic acids is 2. The molecule has 32 heavy (non-hydrogen) atoms. The summed E-state index contributed by atoms with van der Waals surface area (Å²) in [5, 5.41) is -0.524. The van der Waals surface area contributed by atoms with E-state index < -0.39 is 28.3 Å². The lowest BCUT2D eigenvalue weighted by Gasteiger charge is -2.13. The van der Waals surface area contributed by atoms with Crippen LogP contribution in [-0.4, -0.2) is 40.0 Å². The molecule has 4 rings (SSSR count). The monoisotopic (exact) mass is 454 g/mol. The number of halogens is 1. The maximum absolute atomic E-state index is 14.6. The molecule has 164 valence electrons. The van der Waals surface area contributed by atoms with E-state index in [2.05, 4.69) is 4.98 Å². The molecular formula is C23H19FN2O5S. The second-order valence-electron chi connectivity index (χ2n) is 7.01. The first kappa shape index (κ1) is 21.9. The van der Waals surface area contributed by atoms with Crippen molar-refractivity contribution in [2.75, 3.05) is 13.2 Å². The van der Waals surface area contributed by atoms with Crippen molar-refractivity contribution in [3.05, 3.63) is 100.0 Å². The SMILES string of the molecule is O=C(Cc1nc(=O)n([C@H]2CO[C@@H](COC(=O)c3ccccc3)S2)cc1F)c1ccccc1. The van der Waals surface area contributed by atoms with E-state index in [1.54, 1.807) is 60.7 Å². The van der Waals surface area contributed by atoms with Gasteiger partial charge in [-0.1, -0.05) is 60.3 Å². The lowest BCUT2D eigenvalue weighted by molar-refractivity contribution is 0.0273. The van der Waals surface area contributed by atoms with Crippen molar-refractivity contribution in [2.24, 2.45) is 0 Å². The molecule has 2 heterocycles. The standard InChI is InChI=1S/C23H19FN2O5S/c24-17-12-26(23(29)25-18(17)11-19(27)15-7-3-1-4-8-15)20-13-30-21(32-20)14-31-22(28)16-9-5-2-6-10-16/h1-10,12,20-21H,11,13-14H2/t20-,21-/m1/s1. The number of nitrogens with zero attached hydrogens (tertiary/aromatic N) is 2. The fraction of sp³-hybridized carbons (Fsp3) is 0.217. The molecule has 0 N–H and O–H groups in total. The molecule has 1 saturated heterocycles. The largest absolute Gasteiger partial charge is 0.458 e. The Hall–Kier alpha value is -3.30. The number of ether oxygens (including phenoxy) is 2. The summed E-state index contributed by atoms with van der Waals surface area (Å²) in [6.07, 6.45) is 0.737. The lowest BCUT2D eigenvalue weighted by Crippen LogP contribution is -2.28. The highest BCUT2D eigenvalue weighted by Gasteiger charge is 2.30. The first-order valence-electron chi connectivity index (χ1n) is 9.86. The molecule has 2 atom stereocenters. The molecule has 1 aromatic heterocycles. The molecule has 7 nitrogen and oxygen atoms in total. The summed E-state index contributed by atoms with van der Waals surface area (Å²) in [5.41, 5.74) is -0.523. The third kappa shape index (κ3) is 5.12. The molecule has 3 aromatic rings. The van der Waals surface area contributed by atoms with Gasteiger partial charge in [-0.05, 0) is 12.1 Å². The van der Waals surface area contributed by atoms with E-state index in [1.165, 1.54) is 11.8 Å². The Morgan fingerprint density at radius 2 is 1.75 bits per heavy atom. The van der Waals surface area contributed by atoms with E-state index in [1.807, 2.05) is 0 Å². The van der Waals surface area contributed by atoms with Gasteiger partial charge < -0.3 is 9.47 Å². The van der Waals surface area contributed by atoms with Crippen molar-refractivity contribution < 1.29 is 23.5 Å². The van der Waals surface area contributed by atoms with Crippen LogP contribution in [0.1, 0.15) is 31.8 Å². The van der Waals surface area contributed by atoms with E-state index in [0.29, 0.717) is 11.1 Å². The van der Waals surface area contributed by atoms with Crippen molar-refractivity contribution in [1.29, 1.82) is 0 Å². The average molecular weight is 454 g/mol. The zero-order valence-electron chi connectivity index (χ0n) is 16.8. The molecule has 0 saturated carbocycles. The fourth-order valence-corrected chi connectivity index (χ4v) is 4.26. The summed E-state index contributed by atoms with van der Waals surface area (Å²) >= 11 is 1.23. The van der Waals surface area contributed by atoms with Crippen LogP contribution in [0, 0.1) is 5.82 Å². The third-order valence-electron chi connectivity index (χ3n) is 4.81. The Balaban J connectivity index is 1.38. The molecule has 0 bridgehead atoms. The van der Waals surface area contributed by atoms with Gasteiger partial charge in [-0.3, -0.25) is 9.36 Å². The molecule has 2 aromatic carbocycles. The Morgan fingerprint density at radius 1 is 1.09 bits per heavy atom. The topological polar surface area (TPSA) is 87.5 Å². The Labute approximate surface area is 187 Å². The number of rotatable bonds is 7. The summed E-state index contributed by atoms with van der Waals surface area (Å²) < 4.78 is 26.6. The van der Waals surface area contributed by atoms with Crippen LogP contribution in [0.15, 0.2) is 71.7 Å². The zero-order chi connectivity index (χ0) is 22.5. The highest BCUT2D eigenvalue weighted by Crippen LogP contribution is 2.35. The maximum Gasteiger partial charge on any atom is 0.349 e. The van der Waals surface area contributed by atoms with E-state index in [0.717, 1.165) is 10.8 Å². The van der Waals surface area contributed by atoms with Crippen LogP contribution in [-0.2, 0) is 15.9 Å². The molecule has 0 aliphatic carbocycles. The van der Waals surface area contributed by atoms with E-state index in [-0.39, 0.29) is 31.1 Å². The molecule has 9 heteroatoms. The first-order chi connectivity index (χ1) is 15.5. The van der Waals surface area contributed by atoms with E-state index in [4.69, 9.17) is 9.47 Å². The minimum Gasteiger partial charge on any atom is -0.458 e. The normalized spacial score (nSPS) is 17.8. The minimum atomic E-state index is -0.742. The molecule has 1 fully saturated rings. The summed E-state index contributed by atoms with van der Waals surface area (Å²) in [7, 11) is 0. The highest BCUT2D eigenvalue weighted by atomic mass is 32.2. The van der Waals surface area contributed by atoms with Gasteiger partial charge in [-0.2, -0.15) is 4.98 Å². The van der Waals surface area contributed by atoms with Crippen LogP contribution < -0.4 is 5.69 Å². The summed E-state index contributed by atoms with van der Waals surface area (Å²) in [6, 6.07) is 17.0. The van der Waals surface area contributed by atoms with Crippen LogP contribution in [0.4, 0.5) is 4.39 Å². The number of carbonyl (C=O) groups is 2. The van der Waals surface area contributed by atoms with Gasteiger partial charge in [0.15, 0.2) is 11.6 Å². The molecule has 0 amide bonds. The quantitative estimate of drug-likeness (QED) is 0.400. The predicted octanol–water partition coefficient (Wildman–Crippen LogP) is 3.25. The van der Waals surface area contributed by atoms with Crippen LogP contribution in [0.3, 0.4) is 0 Å². The van der Waals surface area contributed by atoms with Crippen LogP contribution in [0.25, 0.3) is 0 Å². The highest BCUT2D eigenvalue weighted by molar-refractivity contribution is 8.00. The number of hydrogen-bond donors (Lipinski definition) is 0. The summed E-state index contributed by atoms with van der Waals surface area (Å²) in [6.45, 7) is 0.116. The van der Waals surface area contributed by atoms with Gasteiger partial charge in [0.2, 0.25) is 0 Å². The molecule has 1 aliphatic rings. The Bertz CT molecular complexity index is 1170. The molecule has 0 unspecified atom stereocenters. The van der Waals surface area contributed by atoms with Crippen LogP contribution in [0.5, 0.6) is 0 Å². The van der Waals surface area contributed by atoms with Gasteiger partial charge in [-0.15, -0.1) is 0 Å². The number of Topliss-reactive ketones (excluding diaryl/α,β-unsaturated/α-hetero) is 1. The zero-order valence-corrected chi connectivity index (χ0v) is 17.7. The van der Waals surface area contributed by atoms with E-state index >= 15 is 0 Å².